The maximum Gasteiger partial charge on any atom is 0.270 e. The molecule has 3 amide bonds. The molecule has 2 atom stereocenters. The number of fused-ring (bicyclic) bond motifs is 1. The van der Waals surface area contributed by atoms with Crippen molar-refractivity contribution < 1.29 is 14.4 Å². The van der Waals surface area contributed by atoms with E-state index in [1.165, 1.54) is 18.2 Å². The van der Waals surface area contributed by atoms with E-state index in [9.17, 15) is 14.4 Å². The van der Waals surface area contributed by atoms with Crippen LogP contribution < -0.4 is 5.43 Å². The van der Waals surface area contributed by atoms with Crippen molar-refractivity contribution >= 4 is 40.9 Å². The van der Waals surface area contributed by atoms with Gasteiger partial charge in [0, 0.05) is 5.56 Å². The smallest absolute Gasteiger partial charge is 0.270 e. The Labute approximate surface area is 143 Å². The van der Waals surface area contributed by atoms with Crippen molar-refractivity contribution in [2.75, 3.05) is 0 Å². The van der Waals surface area contributed by atoms with Crippen molar-refractivity contribution in [3.63, 3.8) is 0 Å². The van der Waals surface area contributed by atoms with Gasteiger partial charge in [-0.3, -0.25) is 19.8 Å². The van der Waals surface area contributed by atoms with Crippen LogP contribution in [0.5, 0.6) is 0 Å². The van der Waals surface area contributed by atoms with E-state index in [2.05, 4.69) is 5.43 Å². The number of rotatable bonds is 2. The number of nitrogens with one attached hydrogen (secondary N) is 1. The second-order valence-electron chi connectivity index (χ2n) is 5.78. The molecule has 1 aliphatic heterocycles. The number of nitrogens with zero attached hydrogens (tertiary/aromatic N) is 1. The van der Waals surface area contributed by atoms with Crippen LogP contribution in [0.25, 0.3) is 0 Å². The van der Waals surface area contributed by atoms with Crippen molar-refractivity contribution in [2.45, 2.75) is 19.8 Å². The molecule has 3 rings (SSSR count). The topological polar surface area (TPSA) is 66.5 Å². The molecule has 1 fully saturated rings. The van der Waals surface area contributed by atoms with Crippen molar-refractivity contribution in [1.82, 2.24) is 10.4 Å². The van der Waals surface area contributed by atoms with Crippen LogP contribution in [0, 0.1) is 11.8 Å². The molecule has 1 saturated heterocycles. The molecule has 0 spiro atoms. The number of benzene rings is 1. The summed E-state index contributed by atoms with van der Waals surface area (Å²) in [6.07, 6.45) is 3.05. The highest BCUT2D eigenvalue weighted by molar-refractivity contribution is 6.42. The monoisotopic (exact) mass is 352 g/mol. The van der Waals surface area contributed by atoms with Gasteiger partial charge in [0.1, 0.15) is 0 Å². The van der Waals surface area contributed by atoms with Crippen molar-refractivity contribution in [3.8, 4) is 0 Å². The summed E-state index contributed by atoms with van der Waals surface area (Å²) in [5, 5.41) is 1.39. The summed E-state index contributed by atoms with van der Waals surface area (Å²) in [6.45, 7) is 1.94. The number of imide groups is 1. The lowest BCUT2D eigenvalue weighted by Gasteiger charge is -2.18. The molecule has 0 unspecified atom stereocenters. The van der Waals surface area contributed by atoms with E-state index in [-0.39, 0.29) is 34.2 Å². The Morgan fingerprint density at radius 1 is 1.17 bits per heavy atom. The van der Waals surface area contributed by atoms with Crippen LogP contribution in [0.15, 0.2) is 29.8 Å². The third-order valence-electron chi connectivity index (χ3n) is 4.22. The average molecular weight is 353 g/mol. The van der Waals surface area contributed by atoms with Crippen molar-refractivity contribution in [3.05, 3.63) is 45.5 Å². The minimum Gasteiger partial charge on any atom is -0.272 e. The van der Waals surface area contributed by atoms with Crippen LogP contribution in [0.4, 0.5) is 0 Å². The summed E-state index contributed by atoms with van der Waals surface area (Å²) in [6, 6.07) is 4.36. The highest BCUT2D eigenvalue weighted by Gasteiger charge is 2.49. The highest BCUT2D eigenvalue weighted by Crippen LogP contribution is 2.36. The maximum absolute atomic E-state index is 12.4. The number of hydrazine groups is 1. The summed E-state index contributed by atoms with van der Waals surface area (Å²) in [4.78, 5) is 37.0. The van der Waals surface area contributed by atoms with Gasteiger partial charge in [0.2, 0.25) is 0 Å². The van der Waals surface area contributed by atoms with Gasteiger partial charge in [-0.15, -0.1) is 0 Å². The molecule has 0 radical (unpaired) electrons. The number of hydrogen-bond acceptors (Lipinski definition) is 3. The first-order valence-corrected chi connectivity index (χ1v) is 7.93. The van der Waals surface area contributed by atoms with Gasteiger partial charge >= 0.3 is 0 Å². The number of allylic oxidation sites excluding steroid dienone is 2. The molecule has 1 heterocycles. The quantitative estimate of drug-likeness (QED) is 0.657. The normalized spacial score (nSPS) is 23.6. The van der Waals surface area contributed by atoms with E-state index in [1.807, 2.05) is 13.0 Å². The van der Waals surface area contributed by atoms with E-state index in [4.69, 9.17) is 23.2 Å². The summed E-state index contributed by atoms with van der Waals surface area (Å²) in [5.74, 6) is -2.08. The summed E-state index contributed by atoms with van der Waals surface area (Å²) < 4.78 is 0. The zero-order valence-electron chi connectivity index (χ0n) is 12.3. The molecule has 23 heavy (non-hydrogen) atoms. The Morgan fingerprint density at radius 2 is 1.87 bits per heavy atom. The van der Waals surface area contributed by atoms with Gasteiger partial charge in [0.05, 0.1) is 21.9 Å². The number of amides is 3. The molecule has 0 aromatic heterocycles. The largest absolute Gasteiger partial charge is 0.272 e. The van der Waals surface area contributed by atoms with Crippen LogP contribution >= 0.6 is 23.2 Å². The predicted molar refractivity (Wildman–Crippen MR) is 85.8 cm³/mol. The molecule has 1 aromatic rings. The SMILES string of the molecule is CC1=CC[C@H]2C(=O)N(NC(=O)c3ccc(Cl)c(Cl)c3)C(=O)[C@H]2C1. The average Bonchev–Trinajstić information content (AvgIpc) is 2.74. The Bertz CT molecular complexity index is 745. The summed E-state index contributed by atoms with van der Waals surface area (Å²) in [5.41, 5.74) is 3.70. The molecule has 7 heteroatoms. The second-order valence-corrected chi connectivity index (χ2v) is 6.60. The molecule has 1 aliphatic carbocycles. The molecule has 0 bridgehead atoms. The van der Waals surface area contributed by atoms with Gasteiger partial charge in [-0.25, -0.2) is 0 Å². The lowest BCUT2D eigenvalue weighted by molar-refractivity contribution is -0.142. The van der Waals surface area contributed by atoms with Crippen LogP contribution in [-0.4, -0.2) is 22.7 Å². The van der Waals surface area contributed by atoms with Gasteiger partial charge in [0.25, 0.3) is 17.7 Å². The molecular weight excluding hydrogens is 339 g/mol. The van der Waals surface area contributed by atoms with E-state index >= 15 is 0 Å². The van der Waals surface area contributed by atoms with Gasteiger partial charge in [0.15, 0.2) is 0 Å². The van der Waals surface area contributed by atoms with Crippen LogP contribution in [-0.2, 0) is 9.59 Å². The van der Waals surface area contributed by atoms with E-state index in [0.29, 0.717) is 17.9 Å². The fourth-order valence-electron chi connectivity index (χ4n) is 2.95. The first-order chi connectivity index (χ1) is 10.9. The Hall–Kier alpha value is -1.85. The van der Waals surface area contributed by atoms with E-state index in [0.717, 1.165) is 10.6 Å². The van der Waals surface area contributed by atoms with Crippen molar-refractivity contribution in [2.24, 2.45) is 11.8 Å². The zero-order valence-corrected chi connectivity index (χ0v) is 13.8. The van der Waals surface area contributed by atoms with Crippen LogP contribution in [0.3, 0.4) is 0 Å². The van der Waals surface area contributed by atoms with Gasteiger partial charge in [-0.1, -0.05) is 34.9 Å². The molecule has 2 aliphatic rings. The number of carbonyl (C=O) groups excluding carboxylic acids is 3. The third-order valence-corrected chi connectivity index (χ3v) is 4.96. The number of carbonyl (C=O) groups is 3. The Morgan fingerprint density at radius 3 is 2.57 bits per heavy atom. The third kappa shape index (κ3) is 2.86. The molecule has 1 N–H and O–H groups in total. The molecule has 1 aromatic carbocycles. The molecule has 0 saturated carbocycles. The van der Waals surface area contributed by atoms with Crippen LogP contribution in [0.2, 0.25) is 10.0 Å². The van der Waals surface area contributed by atoms with E-state index in [1.54, 1.807) is 0 Å². The van der Waals surface area contributed by atoms with Gasteiger partial charge < -0.3 is 0 Å². The number of hydrogen-bond donors (Lipinski definition) is 1. The predicted octanol–water partition coefficient (Wildman–Crippen LogP) is 2.98. The first-order valence-electron chi connectivity index (χ1n) is 7.18. The Kier molecular flexibility index (Phi) is 4.17. The Balaban J connectivity index is 1.78. The fourth-order valence-corrected chi connectivity index (χ4v) is 3.25. The summed E-state index contributed by atoms with van der Waals surface area (Å²) >= 11 is 11.7. The zero-order chi connectivity index (χ0) is 16.7. The van der Waals surface area contributed by atoms with Crippen molar-refractivity contribution in [1.29, 1.82) is 0 Å². The first kappa shape index (κ1) is 16.0. The molecule has 120 valence electrons. The lowest BCUT2D eigenvalue weighted by atomic mass is 9.82. The van der Waals surface area contributed by atoms with Gasteiger partial charge in [-0.2, -0.15) is 5.01 Å². The lowest BCUT2D eigenvalue weighted by Crippen LogP contribution is -2.46. The fraction of sp³-hybridized carbons (Fsp3) is 0.312. The van der Waals surface area contributed by atoms with Crippen LogP contribution in [0.1, 0.15) is 30.1 Å². The van der Waals surface area contributed by atoms with E-state index < -0.39 is 5.91 Å². The minimum atomic E-state index is -0.575. The van der Waals surface area contributed by atoms with Gasteiger partial charge in [-0.05, 0) is 38.0 Å². The summed E-state index contributed by atoms with van der Waals surface area (Å²) in [7, 11) is 0. The maximum atomic E-state index is 12.4. The molecule has 5 nitrogen and oxygen atoms in total. The molecular formula is C16H14Cl2N2O3. The standard InChI is InChI=1S/C16H14Cl2N2O3/c1-8-2-4-10-11(6-8)16(23)20(15(10)22)19-14(21)9-3-5-12(17)13(18)7-9/h2-3,5,7,10-11H,4,6H2,1H3,(H,19,21)/t10-,11+/m1/s1. The highest BCUT2D eigenvalue weighted by atomic mass is 35.5. The minimum absolute atomic E-state index is 0.226. The number of halogens is 2. The second kappa shape index (κ2) is 5.98.